The lowest BCUT2D eigenvalue weighted by Gasteiger charge is -2.15. The van der Waals surface area contributed by atoms with Crippen molar-refractivity contribution < 1.29 is 17.9 Å². The average molecular weight is 440 g/mol. The van der Waals surface area contributed by atoms with Crippen molar-refractivity contribution in [2.24, 2.45) is 0 Å². The summed E-state index contributed by atoms with van der Waals surface area (Å²) in [7, 11) is -3.42. The van der Waals surface area contributed by atoms with E-state index in [1.807, 2.05) is 26.0 Å². The summed E-state index contributed by atoms with van der Waals surface area (Å²) in [6, 6.07) is 12.4. The van der Waals surface area contributed by atoms with Gasteiger partial charge in [-0.05, 0) is 67.8 Å². The number of sulfonamides is 1. The Morgan fingerprint density at radius 3 is 2.35 bits per heavy atom. The van der Waals surface area contributed by atoms with E-state index in [2.05, 4.69) is 15.0 Å². The number of rotatable bonds is 7. The molecule has 0 saturated heterocycles. The number of aromatic nitrogens is 1. The molecule has 0 atom stereocenters. The Labute approximate surface area is 182 Å². The fourth-order valence-electron chi connectivity index (χ4n) is 3.16. The first kappa shape index (κ1) is 22.3. The van der Waals surface area contributed by atoms with Crippen molar-refractivity contribution in [1.82, 2.24) is 4.98 Å². The monoisotopic (exact) mass is 439 g/mol. The van der Waals surface area contributed by atoms with Gasteiger partial charge >= 0.3 is 0 Å². The first-order chi connectivity index (χ1) is 14.6. The van der Waals surface area contributed by atoms with Crippen molar-refractivity contribution in [3.63, 3.8) is 0 Å². The van der Waals surface area contributed by atoms with Gasteiger partial charge in [-0.3, -0.25) is 14.5 Å². The molecule has 1 aromatic heterocycles. The molecule has 31 heavy (non-hydrogen) atoms. The van der Waals surface area contributed by atoms with Crippen LogP contribution in [0.5, 0.6) is 5.75 Å². The maximum absolute atomic E-state index is 12.8. The van der Waals surface area contributed by atoms with Crippen LogP contribution in [0.2, 0.25) is 0 Å². The molecular formula is C23H25N3O4S. The Bertz CT molecular complexity index is 1190. The molecule has 8 heteroatoms. The molecule has 2 N–H and O–H groups in total. The van der Waals surface area contributed by atoms with Gasteiger partial charge < -0.3 is 10.1 Å². The van der Waals surface area contributed by atoms with Crippen LogP contribution < -0.4 is 14.8 Å². The molecule has 3 aromatic rings. The van der Waals surface area contributed by atoms with E-state index in [-0.39, 0.29) is 5.91 Å². The SMILES string of the molecule is Cc1ccc(NC(=O)c2cc(C)c(OCc3cccnc3)c(C)c2)cc1NS(C)(=O)=O. The number of carbonyl (C=O) groups excluding carboxylic acids is 1. The normalized spacial score (nSPS) is 11.1. The smallest absolute Gasteiger partial charge is 0.255 e. The van der Waals surface area contributed by atoms with Gasteiger partial charge in [0, 0.05) is 29.2 Å². The van der Waals surface area contributed by atoms with Crippen LogP contribution in [0.1, 0.15) is 32.6 Å². The maximum atomic E-state index is 12.8. The number of anilines is 2. The number of ether oxygens (including phenoxy) is 1. The molecule has 1 amide bonds. The highest BCUT2D eigenvalue weighted by Gasteiger charge is 2.14. The Kier molecular flexibility index (Phi) is 6.60. The van der Waals surface area contributed by atoms with Gasteiger partial charge in [0.15, 0.2) is 0 Å². The summed E-state index contributed by atoms with van der Waals surface area (Å²) in [6.07, 6.45) is 4.55. The Balaban J connectivity index is 1.76. The molecule has 0 aliphatic heterocycles. The first-order valence-corrected chi connectivity index (χ1v) is 11.5. The minimum absolute atomic E-state index is 0.292. The second kappa shape index (κ2) is 9.18. The predicted molar refractivity (Wildman–Crippen MR) is 122 cm³/mol. The zero-order valence-electron chi connectivity index (χ0n) is 17.9. The van der Waals surface area contributed by atoms with Crippen LogP contribution in [0.3, 0.4) is 0 Å². The number of hydrogen-bond acceptors (Lipinski definition) is 5. The van der Waals surface area contributed by atoms with E-state index in [9.17, 15) is 13.2 Å². The third kappa shape index (κ3) is 6.05. The Hall–Kier alpha value is -3.39. The van der Waals surface area contributed by atoms with E-state index < -0.39 is 10.0 Å². The molecule has 3 rings (SSSR count). The van der Waals surface area contributed by atoms with Gasteiger partial charge in [0.1, 0.15) is 12.4 Å². The van der Waals surface area contributed by atoms with Crippen molar-refractivity contribution in [1.29, 1.82) is 0 Å². The lowest BCUT2D eigenvalue weighted by molar-refractivity contribution is 0.102. The van der Waals surface area contributed by atoms with Crippen LogP contribution in [0.15, 0.2) is 54.9 Å². The van der Waals surface area contributed by atoms with Gasteiger partial charge in [-0.15, -0.1) is 0 Å². The number of benzene rings is 2. The van der Waals surface area contributed by atoms with Crippen LogP contribution in [0.4, 0.5) is 11.4 Å². The molecule has 0 radical (unpaired) electrons. The van der Waals surface area contributed by atoms with Gasteiger partial charge in [0.2, 0.25) is 10.0 Å². The molecule has 162 valence electrons. The third-order valence-electron chi connectivity index (χ3n) is 4.62. The number of aryl methyl sites for hydroxylation is 3. The number of hydrogen-bond donors (Lipinski definition) is 2. The highest BCUT2D eigenvalue weighted by atomic mass is 32.2. The van der Waals surface area contributed by atoms with E-state index in [1.54, 1.807) is 49.6 Å². The predicted octanol–water partition coefficient (Wildman–Crippen LogP) is 4.21. The number of pyridine rings is 1. The zero-order valence-corrected chi connectivity index (χ0v) is 18.7. The summed E-state index contributed by atoms with van der Waals surface area (Å²) in [6.45, 7) is 5.96. The fourth-order valence-corrected chi connectivity index (χ4v) is 3.78. The molecular weight excluding hydrogens is 414 g/mol. The second-order valence-corrected chi connectivity index (χ2v) is 9.20. The van der Waals surface area contributed by atoms with Gasteiger partial charge in [-0.2, -0.15) is 0 Å². The number of nitrogens with one attached hydrogen (secondary N) is 2. The lowest BCUT2D eigenvalue weighted by atomic mass is 10.0. The fraction of sp³-hybridized carbons (Fsp3) is 0.217. The van der Waals surface area contributed by atoms with E-state index in [1.165, 1.54) is 0 Å². The largest absolute Gasteiger partial charge is 0.488 e. The van der Waals surface area contributed by atoms with Crippen molar-refractivity contribution in [3.05, 3.63) is 82.7 Å². The molecule has 2 aromatic carbocycles. The maximum Gasteiger partial charge on any atom is 0.255 e. The highest BCUT2D eigenvalue weighted by molar-refractivity contribution is 7.92. The van der Waals surface area contributed by atoms with Gasteiger partial charge in [-0.25, -0.2) is 8.42 Å². The first-order valence-electron chi connectivity index (χ1n) is 9.65. The molecule has 0 spiro atoms. The summed E-state index contributed by atoms with van der Waals surface area (Å²) >= 11 is 0. The Morgan fingerprint density at radius 2 is 1.74 bits per heavy atom. The van der Waals surface area contributed by atoms with Gasteiger partial charge in [-0.1, -0.05) is 12.1 Å². The van der Waals surface area contributed by atoms with E-state index in [0.29, 0.717) is 23.5 Å². The summed E-state index contributed by atoms with van der Waals surface area (Å²) < 4.78 is 31.5. The quantitative estimate of drug-likeness (QED) is 0.575. The zero-order chi connectivity index (χ0) is 22.6. The second-order valence-electron chi connectivity index (χ2n) is 7.45. The average Bonchev–Trinajstić information content (AvgIpc) is 2.69. The number of carbonyl (C=O) groups is 1. The molecule has 0 unspecified atom stereocenters. The molecule has 0 bridgehead atoms. The van der Waals surface area contributed by atoms with Crippen LogP contribution in [0.25, 0.3) is 0 Å². The minimum atomic E-state index is -3.42. The van der Waals surface area contributed by atoms with Gasteiger partial charge in [0.05, 0.1) is 11.9 Å². The van der Waals surface area contributed by atoms with Crippen molar-refractivity contribution in [3.8, 4) is 5.75 Å². The molecule has 0 aliphatic carbocycles. The van der Waals surface area contributed by atoms with E-state index >= 15 is 0 Å². The summed E-state index contributed by atoms with van der Waals surface area (Å²) in [5.41, 5.74) is 4.81. The molecule has 0 saturated carbocycles. The topological polar surface area (TPSA) is 97.4 Å². The minimum Gasteiger partial charge on any atom is -0.488 e. The molecule has 0 fully saturated rings. The molecule has 7 nitrogen and oxygen atoms in total. The summed E-state index contributed by atoms with van der Waals surface area (Å²) in [4.78, 5) is 16.9. The van der Waals surface area contributed by atoms with E-state index in [0.717, 1.165) is 34.3 Å². The van der Waals surface area contributed by atoms with Gasteiger partial charge in [0.25, 0.3) is 5.91 Å². The standard InChI is InChI=1S/C23H25N3O4S/c1-15-7-8-20(12-21(15)26-31(4,28)29)25-23(27)19-10-16(2)22(17(3)11-19)30-14-18-6-5-9-24-13-18/h5-13,26H,14H2,1-4H3,(H,25,27). The van der Waals surface area contributed by atoms with Crippen molar-refractivity contribution in [2.75, 3.05) is 16.3 Å². The summed E-state index contributed by atoms with van der Waals surface area (Å²) in [5.74, 6) is 0.439. The van der Waals surface area contributed by atoms with Crippen molar-refractivity contribution >= 4 is 27.3 Å². The highest BCUT2D eigenvalue weighted by Crippen LogP contribution is 2.27. The van der Waals surface area contributed by atoms with Crippen LogP contribution in [-0.2, 0) is 16.6 Å². The lowest BCUT2D eigenvalue weighted by Crippen LogP contribution is -2.14. The Morgan fingerprint density at radius 1 is 1.03 bits per heavy atom. The van der Waals surface area contributed by atoms with Crippen LogP contribution in [0, 0.1) is 20.8 Å². The van der Waals surface area contributed by atoms with Crippen LogP contribution >= 0.6 is 0 Å². The summed E-state index contributed by atoms with van der Waals surface area (Å²) in [5, 5.41) is 2.82. The molecule has 1 heterocycles. The van der Waals surface area contributed by atoms with E-state index in [4.69, 9.17) is 4.74 Å². The number of amides is 1. The van der Waals surface area contributed by atoms with Crippen molar-refractivity contribution in [2.45, 2.75) is 27.4 Å². The number of nitrogens with zero attached hydrogens (tertiary/aromatic N) is 1. The molecule has 0 aliphatic rings. The third-order valence-corrected chi connectivity index (χ3v) is 5.21. The van der Waals surface area contributed by atoms with Crippen LogP contribution in [-0.4, -0.2) is 25.6 Å².